The second-order valence-corrected chi connectivity index (χ2v) is 4.39. The van der Waals surface area contributed by atoms with Crippen molar-refractivity contribution in [3.63, 3.8) is 0 Å². The number of carbonyl (C=O) groups is 1. The van der Waals surface area contributed by atoms with Gasteiger partial charge in [0.15, 0.2) is 0 Å². The third-order valence-electron chi connectivity index (χ3n) is 3.04. The van der Waals surface area contributed by atoms with E-state index in [-0.39, 0.29) is 12.5 Å². The molecule has 1 unspecified atom stereocenters. The van der Waals surface area contributed by atoms with Gasteiger partial charge >= 0.3 is 5.97 Å². The molecule has 0 amide bonds. The second kappa shape index (κ2) is 7.07. The van der Waals surface area contributed by atoms with Crippen LogP contribution in [0.3, 0.4) is 0 Å². The largest absolute Gasteiger partial charge is 0.481 e. The van der Waals surface area contributed by atoms with Crippen LogP contribution in [0, 0.1) is 12.8 Å². The Morgan fingerprint density at radius 1 is 1.29 bits per heavy atom. The normalized spacial score (nSPS) is 12.4. The Labute approximate surface area is 102 Å². The molecule has 1 atom stereocenters. The predicted molar refractivity (Wildman–Crippen MR) is 66.9 cm³/mol. The lowest BCUT2D eigenvalue weighted by molar-refractivity contribution is -0.142. The van der Waals surface area contributed by atoms with Crippen LogP contribution in [-0.4, -0.2) is 22.8 Å². The topological polar surface area (TPSA) is 57.5 Å². The number of carboxylic acid groups (broad SMARTS) is 1. The summed E-state index contributed by atoms with van der Waals surface area (Å²) >= 11 is 0. The minimum atomic E-state index is -0.744. The minimum Gasteiger partial charge on any atom is -0.481 e. The van der Waals surface area contributed by atoms with Crippen molar-refractivity contribution in [3.05, 3.63) is 35.4 Å². The predicted octanol–water partition coefficient (Wildman–Crippen LogP) is 2.40. The van der Waals surface area contributed by atoms with Crippen LogP contribution in [0.15, 0.2) is 24.3 Å². The first-order chi connectivity index (χ1) is 8.15. The van der Waals surface area contributed by atoms with Gasteiger partial charge in [-0.2, -0.15) is 0 Å². The number of hydrogen-bond donors (Lipinski definition) is 2. The number of hydrogen-bond acceptors (Lipinski definition) is 2. The van der Waals surface area contributed by atoms with Gasteiger partial charge in [0.05, 0.1) is 5.92 Å². The number of aliphatic hydroxyl groups is 1. The number of aliphatic carboxylic acids is 1. The first-order valence-electron chi connectivity index (χ1n) is 6.03. The first kappa shape index (κ1) is 13.7. The summed E-state index contributed by atoms with van der Waals surface area (Å²) in [6.45, 7) is 2.14. The molecule has 1 aromatic carbocycles. The van der Waals surface area contributed by atoms with Crippen molar-refractivity contribution in [3.8, 4) is 0 Å². The molecule has 2 N–H and O–H groups in total. The van der Waals surface area contributed by atoms with Gasteiger partial charge in [0.25, 0.3) is 0 Å². The molecule has 17 heavy (non-hydrogen) atoms. The molecule has 0 heterocycles. The van der Waals surface area contributed by atoms with Crippen LogP contribution in [0.5, 0.6) is 0 Å². The molecular weight excluding hydrogens is 216 g/mol. The number of unbranched alkanes of at least 4 members (excludes halogenated alkanes) is 1. The highest BCUT2D eigenvalue weighted by Gasteiger charge is 2.18. The van der Waals surface area contributed by atoms with Gasteiger partial charge in [-0.15, -0.1) is 0 Å². The molecule has 0 fully saturated rings. The van der Waals surface area contributed by atoms with E-state index in [1.54, 1.807) is 0 Å². The second-order valence-electron chi connectivity index (χ2n) is 4.39. The SMILES string of the molecule is Cc1ccccc1CC(CCCCO)C(=O)O. The fraction of sp³-hybridized carbons (Fsp3) is 0.500. The van der Waals surface area contributed by atoms with E-state index in [0.29, 0.717) is 19.3 Å². The van der Waals surface area contributed by atoms with Crippen LogP contribution in [0.2, 0.25) is 0 Å². The highest BCUT2D eigenvalue weighted by molar-refractivity contribution is 5.70. The van der Waals surface area contributed by atoms with Crippen molar-refractivity contribution in [2.75, 3.05) is 6.61 Å². The molecule has 0 saturated carbocycles. The Kier molecular flexibility index (Phi) is 5.70. The van der Waals surface area contributed by atoms with Gasteiger partial charge in [0, 0.05) is 6.61 Å². The molecule has 1 rings (SSSR count). The molecule has 0 aliphatic rings. The molecule has 0 radical (unpaired) electrons. The number of carboxylic acids is 1. The maximum atomic E-state index is 11.1. The average molecular weight is 236 g/mol. The van der Waals surface area contributed by atoms with E-state index in [4.69, 9.17) is 10.2 Å². The smallest absolute Gasteiger partial charge is 0.306 e. The maximum absolute atomic E-state index is 11.1. The van der Waals surface area contributed by atoms with E-state index in [1.165, 1.54) is 0 Å². The Bertz CT molecular complexity index is 360. The van der Waals surface area contributed by atoms with Gasteiger partial charge in [-0.05, 0) is 37.3 Å². The summed E-state index contributed by atoms with van der Waals surface area (Å²) in [5.41, 5.74) is 2.24. The fourth-order valence-electron chi connectivity index (χ4n) is 1.92. The Morgan fingerprint density at radius 3 is 2.59 bits per heavy atom. The summed E-state index contributed by atoms with van der Waals surface area (Å²) in [6.07, 6.45) is 2.65. The monoisotopic (exact) mass is 236 g/mol. The molecule has 3 nitrogen and oxygen atoms in total. The quantitative estimate of drug-likeness (QED) is 0.715. The highest BCUT2D eigenvalue weighted by atomic mass is 16.4. The molecule has 0 aliphatic carbocycles. The van der Waals surface area contributed by atoms with Crippen LogP contribution in [-0.2, 0) is 11.2 Å². The third-order valence-corrected chi connectivity index (χ3v) is 3.04. The van der Waals surface area contributed by atoms with Crippen LogP contribution in [0.25, 0.3) is 0 Å². The number of rotatable bonds is 7. The average Bonchev–Trinajstić information content (AvgIpc) is 2.30. The van der Waals surface area contributed by atoms with Crippen molar-refractivity contribution >= 4 is 5.97 Å². The van der Waals surface area contributed by atoms with Crippen molar-refractivity contribution < 1.29 is 15.0 Å². The molecule has 0 aromatic heterocycles. The molecule has 1 aromatic rings. The van der Waals surface area contributed by atoms with Gasteiger partial charge in [-0.25, -0.2) is 0 Å². The molecule has 0 bridgehead atoms. The molecular formula is C14H20O3. The van der Waals surface area contributed by atoms with E-state index in [2.05, 4.69) is 0 Å². The molecule has 3 heteroatoms. The van der Waals surface area contributed by atoms with Gasteiger partial charge in [0.2, 0.25) is 0 Å². The van der Waals surface area contributed by atoms with E-state index < -0.39 is 5.97 Å². The number of aryl methyl sites for hydroxylation is 1. The van der Waals surface area contributed by atoms with E-state index >= 15 is 0 Å². The standard InChI is InChI=1S/C14H20O3/c1-11-6-2-3-7-12(11)10-13(14(16)17)8-4-5-9-15/h2-3,6-7,13,15H,4-5,8-10H2,1H3,(H,16,17). The summed E-state index contributed by atoms with van der Waals surface area (Å²) < 4.78 is 0. The van der Waals surface area contributed by atoms with Crippen molar-refractivity contribution in [1.82, 2.24) is 0 Å². The van der Waals surface area contributed by atoms with Crippen LogP contribution >= 0.6 is 0 Å². The van der Waals surface area contributed by atoms with Crippen LogP contribution in [0.4, 0.5) is 0 Å². The van der Waals surface area contributed by atoms with Gasteiger partial charge in [-0.3, -0.25) is 4.79 Å². The fourth-order valence-corrected chi connectivity index (χ4v) is 1.92. The van der Waals surface area contributed by atoms with E-state index in [0.717, 1.165) is 17.5 Å². The van der Waals surface area contributed by atoms with Gasteiger partial charge in [-0.1, -0.05) is 30.7 Å². The zero-order valence-corrected chi connectivity index (χ0v) is 10.2. The van der Waals surface area contributed by atoms with Crippen molar-refractivity contribution in [2.24, 2.45) is 5.92 Å². The van der Waals surface area contributed by atoms with Crippen LogP contribution in [0.1, 0.15) is 30.4 Å². The molecule has 0 saturated heterocycles. The zero-order valence-electron chi connectivity index (χ0n) is 10.2. The van der Waals surface area contributed by atoms with E-state index in [9.17, 15) is 4.79 Å². The Balaban J connectivity index is 2.61. The lowest BCUT2D eigenvalue weighted by atomic mass is 9.92. The summed E-state index contributed by atoms with van der Waals surface area (Å²) in [5.74, 6) is -1.09. The number of benzene rings is 1. The lowest BCUT2D eigenvalue weighted by Crippen LogP contribution is -2.17. The third kappa shape index (κ3) is 4.57. The maximum Gasteiger partial charge on any atom is 0.306 e. The Morgan fingerprint density at radius 2 is 2.00 bits per heavy atom. The molecule has 0 aliphatic heterocycles. The summed E-state index contributed by atoms with van der Waals surface area (Å²) in [4.78, 5) is 11.1. The molecule has 94 valence electrons. The summed E-state index contributed by atoms with van der Waals surface area (Å²) in [7, 11) is 0. The van der Waals surface area contributed by atoms with Gasteiger partial charge in [0.1, 0.15) is 0 Å². The lowest BCUT2D eigenvalue weighted by Gasteiger charge is -2.13. The van der Waals surface area contributed by atoms with Crippen molar-refractivity contribution in [1.29, 1.82) is 0 Å². The van der Waals surface area contributed by atoms with Gasteiger partial charge < -0.3 is 10.2 Å². The minimum absolute atomic E-state index is 0.136. The van der Waals surface area contributed by atoms with Crippen LogP contribution < -0.4 is 0 Å². The Hall–Kier alpha value is -1.35. The van der Waals surface area contributed by atoms with E-state index in [1.807, 2.05) is 31.2 Å². The van der Waals surface area contributed by atoms with Crippen molar-refractivity contribution in [2.45, 2.75) is 32.6 Å². The summed E-state index contributed by atoms with van der Waals surface area (Å²) in [5, 5.41) is 17.9. The molecule has 0 spiro atoms. The first-order valence-corrected chi connectivity index (χ1v) is 6.03. The number of aliphatic hydroxyl groups excluding tert-OH is 1. The summed E-state index contributed by atoms with van der Waals surface area (Å²) in [6, 6.07) is 7.88. The highest BCUT2D eigenvalue weighted by Crippen LogP contribution is 2.18. The zero-order chi connectivity index (χ0) is 12.7.